The number of nitrogens with zero attached hydrogens (tertiary/aromatic N) is 2. The number of thiophene rings is 2. The molecular weight excluding hydrogens is 466 g/mol. The number of halogens is 1. The third-order valence-electron chi connectivity index (χ3n) is 4.28. The molecule has 0 radical (unpaired) electrons. The smallest absolute Gasteiger partial charge is 0.298 e. The van der Waals surface area contributed by atoms with Crippen molar-refractivity contribution in [3.05, 3.63) is 72.7 Å². The molecule has 2 amide bonds. The van der Waals surface area contributed by atoms with Crippen molar-refractivity contribution in [2.75, 3.05) is 4.90 Å². The van der Waals surface area contributed by atoms with Crippen LogP contribution in [0.3, 0.4) is 0 Å². The molecule has 0 atom stereocenters. The molecule has 1 fully saturated rings. The van der Waals surface area contributed by atoms with E-state index in [0.717, 1.165) is 11.3 Å². The molecule has 0 bridgehead atoms. The average molecular weight is 476 g/mol. The summed E-state index contributed by atoms with van der Waals surface area (Å²) in [6, 6.07) is 8.10. The number of thiocarbonyl (C=S) groups is 1. The van der Waals surface area contributed by atoms with Crippen molar-refractivity contribution in [2.24, 2.45) is 0 Å². The minimum absolute atomic E-state index is 0.00330. The first-order valence-electron chi connectivity index (χ1n) is 8.32. The van der Waals surface area contributed by atoms with E-state index in [1.807, 2.05) is 0 Å². The van der Waals surface area contributed by atoms with Gasteiger partial charge in [0.15, 0.2) is 5.11 Å². The zero-order valence-corrected chi connectivity index (χ0v) is 18.0. The zero-order chi connectivity index (χ0) is 21.4. The molecule has 1 aromatic carbocycles. The lowest BCUT2D eigenvalue weighted by Crippen LogP contribution is -2.54. The number of anilines is 1. The lowest BCUT2D eigenvalue weighted by molar-refractivity contribution is -0.379. The topological polar surface area (TPSA) is 92.6 Å². The van der Waals surface area contributed by atoms with Crippen molar-refractivity contribution < 1.29 is 14.5 Å². The summed E-state index contributed by atoms with van der Waals surface area (Å²) in [7, 11) is 0. The molecule has 0 saturated carbocycles. The predicted octanol–water partition coefficient (Wildman–Crippen LogP) is 4.87. The average Bonchev–Trinajstić information content (AvgIpc) is 3.35. The molecule has 0 aliphatic carbocycles. The van der Waals surface area contributed by atoms with Gasteiger partial charge in [0, 0.05) is 10.6 Å². The highest BCUT2D eigenvalue weighted by Crippen LogP contribution is 2.39. The molecule has 150 valence electrons. The van der Waals surface area contributed by atoms with Gasteiger partial charge in [0.25, 0.3) is 11.8 Å². The molecule has 4 rings (SSSR count). The monoisotopic (exact) mass is 475 g/mol. The van der Waals surface area contributed by atoms with E-state index in [1.54, 1.807) is 46.5 Å². The molecule has 1 aliphatic heterocycles. The standard InChI is InChI=1S/C19H10ClN3O4S3/c20-11-1-3-12(4-2-11)22-17(25)14(16(24)21-19(22)28)7-10-8-29-9-15(10)13-5-6-30-18(13)23(26)27/h1-9H,(H,21,24,28). The number of nitrogens with one attached hydrogen (secondary N) is 1. The second kappa shape index (κ2) is 8.07. The number of carbonyl (C=O) groups excluding carboxylic acids is 2. The van der Waals surface area contributed by atoms with Crippen LogP contribution in [0.15, 0.2) is 52.0 Å². The summed E-state index contributed by atoms with van der Waals surface area (Å²) in [5.41, 5.74) is 1.87. The number of hydrogen-bond donors (Lipinski definition) is 1. The molecule has 7 nitrogen and oxygen atoms in total. The Morgan fingerprint density at radius 2 is 1.87 bits per heavy atom. The first-order valence-corrected chi connectivity index (χ1v) is 10.9. The van der Waals surface area contributed by atoms with Gasteiger partial charge < -0.3 is 0 Å². The van der Waals surface area contributed by atoms with Crippen molar-refractivity contribution in [1.29, 1.82) is 0 Å². The summed E-state index contributed by atoms with van der Waals surface area (Å²) in [6.07, 6.45) is 1.43. The van der Waals surface area contributed by atoms with Gasteiger partial charge in [-0.05, 0) is 70.3 Å². The van der Waals surface area contributed by atoms with Crippen LogP contribution in [0.1, 0.15) is 5.56 Å². The van der Waals surface area contributed by atoms with E-state index in [0.29, 0.717) is 27.4 Å². The maximum Gasteiger partial charge on any atom is 0.331 e. The van der Waals surface area contributed by atoms with Gasteiger partial charge >= 0.3 is 5.00 Å². The highest BCUT2D eigenvalue weighted by Gasteiger charge is 2.35. The summed E-state index contributed by atoms with van der Waals surface area (Å²) in [5, 5.41) is 19.4. The lowest BCUT2D eigenvalue weighted by Gasteiger charge is -2.28. The van der Waals surface area contributed by atoms with Gasteiger partial charge in [0.2, 0.25) is 0 Å². The van der Waals surface area contributed by atoms with Crippen LogP contribution in [-0.4, -0.2) is 21.9 Å². The third-order valence-corrected chi connectivity index (χ3v) is 6.44. The Bertz CT molecular complexity index is 1230. The fourth-order valence-electron chi connectivity index (χ4n) is 2.92. The number of rotatable bonds is 4. The molecular formula is C19H10ClN3O4S3. The number of benzene rings is 1. The molecule has 1 aliphatic rings. The van der Waals surface area contributed by atoms with Gasteiger partial charge in [-0.2, -0.15) is 11.3 Å². The van der Waals surface area contributed by atoms with E-state index in [2.05, 4.69) is 5.32 Å². The molecule has 0 unspecified atom stereocenters. The van der Waals surface area contributed by atoms with E-state index in [4.69, 9.17) is 23.8 Å². The summed E-state index contributed by atoms with van der Waals surface area (Å²) in [6.45, 7) is 0. The highest BCUT2D eigenvalue weighted by molar-refractivity contribution is 7.80. The maximum atomic E-state index is 13.1. The Kier molecular flexibility index (Phi) is 5.48. The summed E-state index contributed by atoms with van der Waals surface area (Å²) >= 11 is 13.4. The van der Waals surface area contributed by atoms with E-state index in [-0.39, 0.29) is 15.7 Å². The summed E-state index contributed by atoms with van der Waals surface area (Å²) in [5.74, 6) is -1.23. The van der Waals surface area contributed by atoms with Crippen LogP contribution < -0.4 is 10.2 Å². The van der Waals surface area contributed by atoms with Crippen molar-refractivity contribution >= 4 is 80.2 Å². The van der Waals surface area contributed by atoms with Crippen LogP contribution in [0.4, 0.5) is 10.7 Å². The van der Waals surface area contributed by atoms with E-state index in [9.17, 15) is 19.7 Å². The van der Waals surface area contributed by atoms with Crippen LogP contribution in [0, 0.1) is 10.1 Å². The largest absolute Gasteiger partial charge is 0.331 e. The van der Waals surface area contributed by atoms with Gasteiger partial charge in [-0.3, -0.25) is 29.9 Å². The fraction of sp³-hybridized carbons (Fsp3) is 0. The van der Waals surface area contributed by atoms with E-state index < -0.39 is 16.7 Å². The number of carbonyl (C=O) groups is 2. The number of nitro groups is 1. The highest BCUT2D eigenvalue weighted by atomic mass is 35.5. The Morgan fingerprint density at radius 3 is 2.57 bits per heavy atom. The molecule has 2 aromatic heterocycles. The van der Waals surface area contributed by atoms with Gasteiger partial charge in [-0.25, -0.2) is 0 Å². The first-order chi connectivity index (χ1) is 14.4. The molecule has 1 N–H and O–H groups in total. The first kappa shape index (κ1) is 20.4. The summed E-state index contributed by atoms with van der Waals surface area (Å²) in [4.78, 5) is 37.7. The predicted molar refractivity (Wildman–Crippen MR) is 122 cm³/mol. The molecule has 11 heteroatoms. The van der Waals surface area contributed by atoms with Gasteiger partial charge in [-0.15, -0.1) is 0 Å². The van der Waals surface area contributed by atoms with E-state index >= 15 is 0 Å². The van der Waals surface area contributed by atoms with Crippen molar-refractivity contribution in [1.82, 2.24) is 5.32 Å². The minimum Gasteiger partial charge on any atom is -0.298 e. The molecule has 0 spiro atoms. The molecule has 3 aromatic rings. The van der Waals surface area contributed by atoms with Crippen LogP contribution in [0.25, 0.3) is 17.2 Å². The normalized spacial score (nSPS) is 15.6. The molecule has 3 heterocycles. The van der Waals surface area contributed by atoms with Gasteiger partial charge in [0.1, 0.15) is 5.57 Å². The van der Waals surface area contributed by atoms with Crippen LogP contribution in [-0.2, 0) is 9.59 Å². The quantitative estimate of drug-likeness (QED) is 0.191. The Labute approximate surface area is 188 Å². The molecule has 30 heavy (non-hydrogen) atoms. The van der Waals surface area contributed by atoms with Crippen molar-refractivity contribution in [2.45, 2.75) is 0 Å². The summed E-state index contributed by atoms with van der Waals surface area (Å²) < 4.78 is 0. The second-order valence-corrected chi connectivity index (χ2v) is 8.53. The third kappa shape index (κ3) is 3.65. The van der Waals surface area contributed by atoms with Crippen molar-refractivity contribution in [3.63, 3.8) is 0 Å². The Hall–Kier alpha value is -2.92. The van der Waals surface area contributed by atoms with E-state index in [1.165, 1.54) is 22.3 Å². The van der Waals surface area contributed by atoms with Gasteiger partial charge in [0.05, 0.1) is 16.2 Å². The number of hydrogen-bond acceptors (Lipinski definition) is 7. The Morgan fingerprint density at radius 1 is 1.13 bits per heavy atom. The maximum absolute atomic E-state index is 13.1. The van der Waals surface area contributed by atoms with Crippen LogP contribution in [0.5, 0.6) is 0 Å². The zero-order valence-electron chi connectivity index (χ0n) is 14.8. The van der Waals surface area contributed by atoms with Crippen LogP contribution >= 0.6 is 46.5 Å². The Balaban J connectivity index is 1.76. The second-order valence-electron chi connectivity index (χ2n) is 6.07. The van der Waals surface area contributed by atoms with Crippen LogP contribution in [0.2, 0.25) is 5.02 Å². The number of amides is 2. The lowest BCUT2D eigenvalue weighted by atomic mass is 10.0. The van der Waals surface area contributed by atoms with Gasteiger partial charge in [-0.1, -0.05) is 22.9 Å². The minimum atomic E-state index is -0.632. The SMILES string of the molecule is O=C1NC(=S)N(c2ccc(Cl)cc2)C(=O)C1=Cc1cscc1-c1ccsc1[N+](=O)[O-]. The fourth-order valence-corrected chi connectivity index (χ4v) is 4.86. The molecule has 1 saturated heterocycles. The van der Waals surface area contributed by atoms with Crippen molar-refractivity contribution in [3.8, 4) is 11.1 Å².